The van der Waals surface area contributed by atoms with E-state index in [2.05, 4.69) is 15.0 Å². The van der Waals surface area contributed by atoms with Crippen molar-refractivity contribution in [3.05, 3.63) is 48.2 Å². The second-order valence-electron chi connectivity index (χ2n) is 3.89. The molecule has 2 aromatic rings. The molecular weight excluding hydrogens is 288 g/mol. The molecule has 0 atom stereocenters. The summed E-state index contributed by atoms with van der Waals surface area (Å²) in [7, 11) is -2.35. The summed E-state index contributed by atoms with van der Waals surface area (Å²) in [5, 5.41) is 2.70. The fraction of sp³-hybridized carbons (Fsp3) is 0.0833. The Morgan fingerprint density at radius 2 is 1.75 bits per heavy atom. The van der Waals surface area contributed by atoms with Gasteiger partial charge in [0.2, 0.25) is 0 Å². The van der Waals surface area contributed by atoms with Crippen LogP contribution in [0.3, 0.4) is 0 Å². The fourth-order valence-corrected chi connectivity index (χ4v) is 2.59. The topological polar surface area (TPSA) is 71.1 Å². The van der Waals surface area contributed by atoms with Crippen LogP contribution >= 0.6 is 0 Å². The van der Waals surface area contributed by atoms with Crippen LogP contribution in [-0.4, -0.2) is 20.4 Å². The Labute approximate surface area is 114 Å². The second-order valence-corrected chi connectivity index (χ2v) is 5.57. The van der Waals surface area contributed by atoms with Crippen LogP contribution in [0.4, 0.5) is 20.3 Å². The van der Waals surface area contributed by atoms with Crippen LogP contribution in [-0.2, 0) is 10.0 Å². The van der Waals surface area contributed by atoms with Crippen molar-refractivity contribution in [2.45, 2.75) is 4.90 Å². The second kappa shape index (κ2) is 5.41. The zero-order valence-electron chi connectivity index (χ0n) is 10.4. The summed E-state index contributed by atoms with van der Waals surface area (Å²) in [6.07, 6.45) is 1.31. The van der Waals surface area contributed by atoms with E-state index in [-0.39, 0.29) is 10.6 Å². The van der Waals surface area contributed by atoms with Gasteiger partial charge in [0.05, 0.1) is 10.6 Å². The summed E-state index contributed by atoms with van der Waals surface area (Å²) in [4.78, 5) is 3.82. The first-order valence-electron chi connectivity index (χ1n) is 5.53. The van der Waals surface area contributed by atoms with Crippen LogP contribution in [0, 0.1) is 11.6 Å². The Kier molecular flexibility index (Phi) is 3.84. The maximum Gasteiger partial charge on any atom is 0.262 e. The summed E-state index contributed by atoms with van der Waals surface area (Å²) in [6, 6.07) is 5.02. The molecule has 106 valence electrons. The van der Waals surface area contributed by atoms with E-state index >= 15 is 0 Å². The van der Waals surface area contributed by atoms with Gasteiger partial charge in [-0.2, -0.15) is 0 Å². The molecule has 5 nitrogen and oxygen atoms in total. The Bertz CT molecular complexity index is 715. The molecule has 1 aromatic heterocycles. The standard InChI is InChI=1S/C12H11F2N3O2S/c1-15-12-7-11(2-3-16-12)20(18,19)17-10-5-8(13)4-9(14)6-10/h2-7,17H,1H3,(H,15,16). The predicted molar refractivity (Wildman–Crippen MR) is 71.0 cm³/mol. The van der Waals surface area contributed by atoms with Crippen molar-refractivity contribution in [1.82, 2.24) is 4.98 Å². The van der Waals surface area contributed by atoms with Crippen molar-refractivity contribution < 1.29 is 17.2 Å². The van der Waals surface area contributed by atoms with Gasteiger partial charge in [0.15, 0.2) is 0 Å². The highest BCUT2D eigenvalue weighted by molar-refractivity contribution is 7.92. The number of benzene rings is 1. The van der Waals surface area contributed by atoms with Gasteiger partial charge in [0, 0.05) is 25.4 Å². The zero-order chi connectivity index (χ0) is 14.8. The van der Waals surface area contributed by atoms with Gasteiger partial charge in [-0.1, -0.05) is 0 Å². The van der Waals surface area contributed by atoms with E-state index in [0.717, 1.165) is 12.1 Å². The van der Waals surface area contributed by atoms with Crippen LogP contribution in [0.5, 0.6) is 0 Å². The van der Waals surface area contributed by atoms with Crippen molar-refractivity contribution in [3.8, 4) is 0 Å². The normalized spacial score (nSPS) is 11.2. The maximum atomic E-state index is 13.0. The van der Waals surface area contributed by atoms with E-state index in [0.29, 0.717) is 11.9 Å². The number of anilines is 2. The molecule has 1 aromatic carbocycles. The molecule has 0 aliphatic carbocycles. The van der Waals surface area contributed by atoms with Crippen LogP contribution < -0.4 is 10.0 Å². The van der Waals surface area contributed by atoms with Crippen LogP contribution in [0.1, 0.15) is 0 Å². The summed E-state index contributed by atoms with van der Waals surface area (Å²) >= 11 is 0. The zero-order valence-corrected chi connectivity index (χ0v) is 11.2. The molecular formula is C12H11F2N3O2S. The quantitative estimate of drug-likeness (QED) is 0.908. The smallest absolute Gasteiger partial charge is 0.262 e. The molecule has 0 saturated carbocycles. The third-order valence-electron chi connectivity index (χ3n) is 2.41. The van der Waals surface area contributed by atoms with Crippen molar-refractivity contribution in [1.29, 1.82) is 0 Å². The van der Waals surface area contributed by atoms with Gasteiger partial charge in [-0.15, -0.1) is 0 Å². The largest absolute Gasteiger partial charge is 0.373 e. The number of rotatable bonds is 4. The lowest BCUT2D eigenvalue weighted by molar-refractivity contribution is 0.584. The number of halogens is 2. The van der Waals surface area contributed by atoms with Gasteiger partial charge in [0.25, 0.3) is 10.0 Å². The lowest BCUT2D eigenvalue weighted by Gasteiger charge is -2.09. The summed E-state index contributed by atoms with van der Waals surface area (Å²) in [5.74, 6) is -1.38. The van der Waals surface area contributed by atoms with Gasteiger partial charge < -0.3 is 5.32 Å². The third kappa shape index (κ3) is 3.21. The molecule has 0 spiro atoms. The summed E-state index contributed by atoms with van der Waals surface area (Å²) in [5.41, 5.74) is -0.190. The highest BCUT2D eigenvalue weighted by Crippen LogP contribution is 2.19. The third-order valence-corrected chi connectivity index (χ3v) is 3.79. The summed E-state index contributed by atoms with van der Waals surface area (Å²) < 4.78 is 52.3. The molecule has 8 heteroatoms. The summed E-state index contributed by atoms with van der Waals surface area (Å²) in [6.45, 7) is 0. The van der Waals surface area contributed by atoms with Gasteiger partial charge in [-0.05, 0) is 18.2 Å². The van der Waals surface area contributed by atoms with E-state index < -0.39 is 21.7 Å². The molecule has 0 aliphatic rings. The number of hydrogen-bond donors (Lipinski definition) is 2. The lowest BCUT2D eigenvalue weighted by Crippen LogP contribution is -2.13. The minimum absolute atomic E-state index is 0.0680. The first-order chi connectivity index (χ1) is 9.40. The maximum absolute atomic E-state index is 13.0. The molecule has 0 saturated heterocycles. The van der Waals surface area contributed by atoms with E-state index in [4.69, 9.17) is 0 Å². The van der Waals surface area contributed by atoms with Crippen molar-refractivity contribution in [2.75, 3.05) is 17.1 Å². The first-order valence-corrected chi connectivity index (χ1v) is 7.02. The number of aromatic nitrogens is 1. The van der Waals surface area contributed by atoms with E-state index in [1.54, 1.807) is 7.05 Å². The van der Waals surface area contributed by atoms with Crippen molar-refractivity contribution in [3.63, 3.8) is 0 Å². The van der Waals surface area contributed by atoms with Gasteiger partial charge in [-0.25, -0.2) is 22.2 Å². The van der Waals surface area contributed by atoms with E-state index in [1.807, 2.05) is 0 Å². The monoisotopic (exact) mass is 299 g/mol. The van der Waals surface area contributed by atoms with Crippen molar-refractivity contribution >= 4 is 21.5 Å². The molecule has 20 heavy (non-hydrogen) atoms. The molecule has 0 radical (unpaired) electrons. The Balaban J connectivity index is 2.35. The molecule has 2 N–H and O–H groups in total. The average Bonchev–Trinajstić information content (AvgIpc) is 2.37. The number of hydrogen-bond acceptors (Lipinski definition) is 4. The van der Waals surface area contributed by atoms with Gasteiger partial charge in [-0.3, -0.25) is 4.72 Å². The van der Waals surface area contributed by atoms with E-state index in [1.165, 1.54) is 18.3 Å². The number of pyridine rings is 1. The molecule has 0 bridgehead atoms. The SMILES string of the molecule is CNc1cc(S(=O)(=O)Nc2cc(F)cc(F)c2)ccn1. The predicted octanol–water partition coefficient (Wildman–Crippen LogP) is 2.20. The van der Waals surface area contributed by atoms with E-state index in [9.17, 15) is 17.2 Å². The van der Waals surface area contributed by atoms with Crippen molar-refractivity contribution in [2.24, 2.45) is 0 Å². The Hall–Kier alpha value is -2.22. The highest BCUT2D eigenvalue weighted by atomic mass is 32.2. The Morgan fingerprint density at radius 3 is 2.35 bits per heavy atom. The van der Waals surface area contributed by atoms with Crippen LogP contribution in [0.2, 0.25) is 0 Å². The number of sulfonamides is 1. The van der Waals surface area contributed by atoms with Crippen LogP contribution in [0.15, 0.2) is 41.4 Å². The molecule has 0 unspecified atom stereocenters. The lowest BCUT2D eigenvalue weighted by atomic mass is 10.3. The molecule has 0 fully saturated rings. The Morgan fingerprint density at radius 1 is 1.10 bits per heavy atom. The number of nitrogens with one attached hydrogen (secondary N) is 2. The molecule has 0 aliphatic heterocycles. The molecule has 1 heterocycles. The molecule has 2 rings (SSSR count). The fourth-order valence-electron chi connectivity index (χ4n) is 1.54. The van der Waals surface area contributed by atoms with Crippen LogP contribution in [0.25, 0.3) is 0 Å². The average molecular weight is 299 g/mol. The van der Waals surface area contributed by atoms with Gasteiger partial charge >= 0.3 is 0 Å². The minimum atomic E-state index is -3.94. The first kappa shape index (κ1) is 14.2. The van der Waals surface area contributed by atoms with Gasteiger partial charge in [0.1, 0.15) is 17.5 Å². The molecule has 0 amide bonds. The number of nitrogens with zero attached hydrogens (tertiary/aromatic N) is 1. The highest BCUT2D eigenvalue weighted by Gasteiger charge is 2.15. The minimum Gasteiger partial charge on any atom is -0.373 e.